The van der Waals surface area contributed by atoms with Crippen molar-refractivity contribution in [3.8, 4) is 0 Å². The minimum Gasteiger partial charge on any atom is -0.451 e. The highest BCUT2D eigenvalue weighted by Crippen LogP contribution is 2.29. The number of esters is 1. The Balaban J connectivity index is 3.02. The standard InChI is InChI=1S/C20H34NO2/c1-6-8-12-16-21(5,15-7-2)17(3)20(23-18(4)22)19-13-10-9-11-14-19/h9-11,13-14,17,20H,6-8,12,15-16H2,1-5H3/q+1/t17-,20+,21?/m1/s1. The highest BCUT2D eigenvalue weighted by Gasteiger charge is 2.37. The van der Waals surface area contributed by atoms with Gasteiger partial charge in [-0.25, -0.2) is 0 Å². The number of carbonyl (C=O) groups excluding carboxylic acids is 1. The number of unbranched alkanes of at least 4 members (excludes halogenated alkanes) is 2. The number of nitrogens with zero attached hydrogens (tertiary/aromatic N) is 1. The van der Waals surface area contributed by atoms with Crippen molar-refractivity contribution in [2.24, 2.45) is 0 Å². The van der Waals surface area contributed by atoms with Crippen LogP contribution >= 0.6 is 0 Å². The number of rotatable bonds is 10. The lowest BCUT2D eigenvalue weighted by Crippen LogP contribution is -2.55. The monoisotopic (exact) mass is 320 g/mol. The van der Waals surface area contributed by atoms with Crippen LogP contribution in [0.5, 0.6) is 0 Å². The Kier molecular flexibility index (Phi) is 8.32. The fourth-order valence-corrected chi connectivity index (χ4v) is 3.35. The molecule has 0 aromatic heterocycles. The van der Waals surface area contributed by atoms with Gasteiger partial charge in [0.2, 0.25) is 0 Å². The summed E-state index contributed by atoms with van der Waals surface area (Å²) in [5.74, 6) is -0.206. The highest BCUT2D eigenvalue weighted by molar-refractivity contribution is 5.66. The first-order valence-electron chi connectivity index (χ1n) is 9.01. The van der Waals surface area contributed by atoms with Crippen LogP contribution in [0.25, 0.3) is 0 Å². The molecule has 0 aliphatic rings. The fourth-order valence-electron chi connectivity index (χ4n) is 3.35. The summed E-state index contributed by atoms with van der Waals surface area (Å²) in [5.41, 5.74) is 1.09. The first kappa shape index (κ1) is 19.7. The molecule has 0 aliphatic carbocycles. The lowest BCUT2D eigenvalue weighted by molar-refractivity contribution is -0.935. The van der Waals surface area contributed by atoms with Crippen molar-refractivity contribution in [3.05, 3.63) is 35.9 Å². The van der Waals surface area contributed by atoms with Gasteiger partial charge in [-0.2, -0.15) is 0 Å². The zero-order chi connectivity index (χ0) is 17.3. The van der Waals surface area contributed by atoms with Gasteiger partial charge in [0, 0.05) is 6.92 Å². The molecule has 23 heavy (non-hydrogen) atoms. The van der Waals surface area contributed by atoms with Crippen LogP contribution in [0.4, 0.5) is 0 Å². The van der Waals surface area contributed by atoms with Crippen molar-refractivity contribution in [1.82, 2.24) is 0 Å². The third kappa shape index (κ3) is 5.98. The maximum Gasteiger partial charge on any atom is 0.303 e. The molecule has 1 unspecified atom stereocenters. The van der Waals surface area contributed by atoms with E-state index in [1.54, 1.807) is 0 Å². The zero-order valence-electron chi connectivity index (χ0n) is 15.5. The van der Waals surface area contributed by atoms with Crippen LogP contribution in [0, 0.1) is 0 Å². The average Bonchev–Trinajstić information content (AvgIpc) is 2.53. The van der Waals surface area contributed by atoms with Gasteiger partial charge in [0.15, 0.2) is 6.10 Å². The summed E-state index contributed by atoms with van der Waals surface area (Å²) in [4.78, 5) is 11.6. The van der Waals surface area contributed by atoms with Crippen LogP contribution in [0.3, 0.4) is 0 Å². The summed E-state index contributed by atoms with van der Waals surface area (Å²) in [6, 6.07) is 10.4. The first-order chi connectivity index (χ1) is 10.9. The Hall–Kier alpha value is -1.35. The number of carbonyl (C=O) groups is 1. The minimum atomic E-state index is -0.206. The van der Waals surface area contributed by atoms with Gasteiger partial charge in [0.1, 0.15) is 6.04 Å². The van der Waals surface area contributed by atoms with Crippen LogP contribution in [0.2, 0.25) is 0 Å². The molecular formula is C20H34NO2+. The number of likely N-dealkylation sites (N-methyl/N-ethyl adjacent to an activating group) is 1. The summed E-state index contributed by atoms with van der Waals surface area (Å²) in [5, 5.41) is 0. The second kappa shape index (κ2) is 9.71. The van der Waals surface area contributed by atoms with Gasteiger partial charge in [0.25, 0.3) is 0 Å². The molecule has 3 nitrogen and oxygen atoms in total. The van der Waals surface area contributed by atoms with Gasteiger partial charge in [-0.15, -0.1) is 0 Å². The molecule has 3 heteroatoms. The Labute approximate surface area is 142 Å². The van der Waals surface area contributed by atoms with Gasteiger partial charge in [-0.05, 0) is 31.7 Å². The summed E-state index contributed by atoms with van der Waals surface area (Å²) >= 11 is 0. The van der Waals surface area contributed by atoms with E-state index in [4.69, 9.17) is 4.74 Å². The third-order valence-electron chi connectivity index (χ3n) is 4.85. The van der Waals surface area contributed by atoms with E-state index >= 15 is 0 Å². The van der Waals surface area contributed by atoms with Crippen molar-refractivity contribution in [2.45, 2.75) is 65.5 Å². The van der Waals surface area contributed by atoms with Crippen molar-refractivity contribution in [1.29, 1.82) is 0 Å². The molecule has 0 saturated heterocycles. The van der Waals surface area contributed by atoms with E-state index < -0.39 is 0 Å². The molecule has 0 fully saturated rings. The second-order valence-corrected chi connectivity index (χ2v) is 6.82. The number of quaternary nitrogens is 1. The van der Waals surface area contributed by atoms with Crippen molar-refractivity contribution < 1.29 is 14.0 Å². The van der Waals surface area contributed by atoms with Crippen LogP contribution < -0.4 is 0 Å². The molecule has 1 rings (SSSR count). The molecule has 1 aromatic carbocycles. The third-order valence-corrected chi connectivity index (χ3v) is 4.85. The van der Waals surface area contributed by atoms with Crippen molar-refractivity contribution in [2.75, 3.05) is 20.1 Å². The van der Waals surface area contributed by atoms with E-state index in [9.17, 15) is 4.79 Å². The van der Waals surface area contributed by atoms with Crippen molar-refractivity contribution >= 4 is 5.97 Å². The maximum atomic E-state index is 11.6. The van der Waals surface area contributed by atoms with E-state index in [0.717, 1.165) is 29.6 Å². The molecule has 0 heterocycles. The molecule has 0 aliphatic heterocycles. The Morgan fingerprint density at radius 1 is 1.09 bits per heavy atom. The van der Waals surface area contributed by atoms with E-state index in [1.807, 2.05) is 18.2 Å². The van der Waals surface area contributed by atoms with E-state index in [0.29, 0.717) is 0 Å². The zero-order valence-corrected chi connectivity index (χ0v) is 15.5. The number of ether oxygens (including phenoxy) is 1. The van der Waals surface area contributed by atoms with Crippen LogP contribution in [-0.4, -0.2) is 36.6 Å². The average molecular weight is 320 g/mol. The SMILES string of the molecule is CCCCC[N+](C)(CCC)[C@H](C)[C@H](OC(C)=O)c1ccccc1. The quantitative estimate of drug-likeness (QED) is 0.354. The Bertz CT molecular complexity index is 460. The van der Waals surface area contributed by atoms with Crippen LogP contribution in [0.15, 0.2) is 30.3 Å². The lowest BCUT2D eigenvalue weighted by atomic mass is 9.99. The molecule has 0 amide bonds. The topological polar surface area (TPSA) is 26.3 Å². The Morgan fingerprint density at radius 3 is 2.26 bits per heavy atom. The van der Waals surface area contributed by atoms with E-state index in [-0.39, 0.29) is 18.1 Å². The molecule has 0 saturated carbocycles. The first-order valence-corrected chi connectivity index (χ1v) is 9.01. The number of hydrogen-bond acceptors (Lipinski definition) is 2. The van der Waals surface area contributed by atoms with Crippen molar-refractivity contribution in [3.63, 3.8) is 0 Å². The van der Waals surface area contributed by atoms with E-state index in [2.05, 4.69) is 40.0 Å². The molecule has 0 spiro atoms. The minimum absolute atomic E-state index is 0.188. The molecule has 0 N–H and O–H groups in total. The normalized spacial score (nSPS) is 16.4. The second-order valence-electron chi connectivity index (χ2n) is 6.82. The summed E-state index contributed by atoms with van der Waals surface area (Å²) < 4.78 is 6.69. The summed E-state index contributed by atoms with van der Waals surface area (Å²) in [7, 11) is 2.31. The van der Waals surface area contributed by atoms with Gasteiger partial charge in [-0.1, -0.05) is 50.6 Å². The fraction of sp³-hybridized carbons (Fsp3) is 0.650. The molecule has 0 radical (unpaired) electrons. The molecule has 0 bridgehead atoms. The number of benzene rings is 1. The number of hydrogen-bond donors (Lipinski definition) is 0. The molecular weight excluding hydrogens is 286 g/mol. The maximum absolute atomic E-state index is 11.6. The van der Waals surface area contributed by atoms with Crippen LogP contribution in [0.1, 0.15) is 65.0 Å². The largest absolute Gasteiger partial charge is 0.451 e. The van der Waals surface area contributed by atoms with Gasteiger partial charge in [-0.3, -0.25) is 4.79 Å². The van der Waals surface area contributed by atoms with Crippen LogP contribution in [-0.2, 0) is 9.53 Å². The predicted molar refractivity (Wildman–Crippen MR) is 96.1 cm³/mol. The molecule has 3 atom stereocenters. The van der Waals surface area contributed by atoms with Gasteiger partial charge >= 0.3 is 5.97 Å². The smallest absolute Gasteiger partial charge is 0.303 e. The van der Waals surface area contributed by atoms with E-state index in [1.165, 1.54) is 26.2 Å². The summed E-state index contributed by atoms with van der Waals surface area (Å²) in [6.45, 7) is 10.4. The lowest BCUT2D eigenvalue weighted by Gasteiger charge is -2.43. The molecule has 1 aromatic rings. The Morgan fingerprint density at radius 2 is 1.74 bits per heavy atom. The van der Waals surface area contributed by atoms with Gasteiger partial charge < -0.3 is 9.22 Å². The summed E-state index contributed by atoms with van der Waals surface area (Å²) in [6.07, 6.45) is 4.65. The predicted octanol–water partition coefficient (Wildman–Crippen LogP) is 4.73. The van der Waals surface area contributed by atoms with Gasteiger partial charge in [0.05, 0.1) is 20.1 Å². The molecule has 130 valence electrons. The highest BCUT2D eigenvalue weighted by atomic mass is 16.5.